The molecule has 0 amide bonds. The maximum atomic E-state index is 6.05. The third-order valence-electron chi connectivity index (χ3n) is 2.25. The van der Waals surface area contributed by atoms with Crippen LogP contribution in [0.25, 0.3) is 0 Å². The standard InChI is InChI=1S/C10H18ClN3O/c1-3-5-14-10(8(11)7-13-14)9(12)4-6-15-2/h7,9H,3-6,12H2,1-2H3. The number of rotatable bonds is 6. The van der Waals surface area contributed by atoms with Gasteiger partial charge in [0.2, 0.25) is 0 Å². The van der Waals surface area contributed by atoms with E-state index < -0.39 is 0 Å². The number of methoxy groups -OCH3 is 1. The van der Waals surface area contributed by atoms with E-state index in [2.05, 4.69) is 12.0 Å². The fraction of sp³-hybridized carbons (Fsp3) is 0.700. The highest BCUT2D eigenvalue weighted by Crippen LogP contribution is 2.23. The van der Waals surface area contributed by atoms with Crippen LogP contribution in [0.2, 0.25) is 5.02 Å². The van der Waals surface area contributed by atoms with Crippen molar-refractivity contribution in [1.82, 2.24) is 9.78 Å². The van der Waals surface area contributed by atoms with Crippen LogP contribution in [0.15, 0.2) is 6.20 Å². The fourth-order valence-corrected chi connectivity index (χ4v) is 1.79. The lowest BCUT2D eigenvalue weighted by Gasteiger charge is -2.14. The normalized spacial score (nSPS) is 13.1. The van der Waals surface area contributed by atoms with Crippen LogP contribution in [0.3, 0.4) is 0 Å². The lowest BCUT2D eigenvalue weighted by atomic mass is 10.1. The second kappa shape index (κ2) is 6.10. The van der Waals surface area contributed by atoms with E-state index in [1.807, 2.05) is 4.68 Å². The van der Waals surface area contributed by atoms with Gasteiger partial charge in [0.1, 0.15) is 0 Å². The molecule has 1 aromatic rings. The van der Waals surface area contributed by atoms with Gasteiger partial charge in [-0.15, -0.1) is 0 Å². The molecule has 0 aliphatic carbocycles. The van der Waals surface area contributed by atoms with Gasteiger partial charge < -0.3 is 10.5 Å². The Morgan fingerprint density at radius 1 is 1.67 bits per heavy atom. The Morgan fingerprint density at radius 3 is 3.00 bits per heavy atom. The zero-order chi connectivity index (χ0) is 11.3. The minimum absolute atomic E-state index is 0.105. The predicted molar refractivity (Wildman–Crippen MR) is 60.9 cm³/mol. The summed E-state index contributed by atoms with van der Waals surface area (Å²) in [6, 6.07) is -0.105. The van der Waals surface area contributed by atoms with Gasteiger partial charge in [0.05, 0.1) is 23.0 Å². The summed E-state index contributed by atoms with van der Waals surface area (Å²) >= 11 is 6.05. The molecule has 0 aromatic carbocycles. The van der Waals surface area contributed by atoms with Gasteiger partial charge in [-0.1, -0.05) is 18.5 Å². The van der Waals surface area contributed by atoms with Crippen molar-refractivity contribution in [3.8, 4) is 0 Å². The molecule has 0 spiro atoms. The molecule has 0 aliphatic heterocycles. The highest BCUT2D eigenvalue weighted by atomic mass is 35.5. The third-order valence-corrected chi connectivity index (χ3v) is 2.54. The first-order valence-electron chi connectivity index (χ1n) is 5.16. The molecular formula is C10H18ClN3O. The van der Waals surface area contributed by atoms with Crippen LogP contribution in [-0.2, 0) is 11.3 Å². The molecule has 15 heavy (non-hydrogen) atoms. The first kappa shape index (κ1) is 12.5. The van der Waals surface area contributed by atoms with Gasteiger partial charge in [-0.3, -0.25) is 4.68 Å². The summed E-state index contributed by atoms with van der Waals surface area (Å²) in [5.74, 6) is 0. The van der Waals surface area contributed by atoms with Crippen molar-refractivity contribution in [2.24, 2.45) is 5.73 Å². The lowest BCUT2D eigenvalue weighted by Crippen LogP contribution is -2.18. The SMILES string of the molecule is CCCn1ncc(Cl)c1C(N)CCOC. The zero-order valence-electron chi connectivity index (χ0n) is 9.24. The van der Waals surface area contributed by atoms with Gasteiger partial charge >= 0.3 is 0 Å². The molecule has 0 saturated heterocycles. The number of ether oxygens (including phenoxy) is 1. The van der Waals surface area contributed by atoms with E-state index in [9.17, 15) is 0 Å². The summed E-state index contributed by atoms with van der Waals surface area (Å²) in [6.45, 7) is 3.58. The van der Waals surface area contributed by atoms with Gasteiger partial charge in [0.25, 0.3) is 0 Å². The van der Waals surface area contributed by atoms with Crippen molar-refractivity contribution in [2.75, 3.05) is 13.7 Å². The summed E-state index contributed by atoms with van der Waals surface area (Å²) in [5, 5.41) is 4.84. The molecular weight excluding hydrogens is 214 g/mol. The molecule has 0 aliphatic rings. The van der Waals surface area contributed by atoms with Crippen molar-refractivity contribution < 1.29 is 4.74 Å². The second-order valence-corrected chi connectivity index (χ2v) is 3.90. The van der Waals surface area contributed by atoms with Gasteiger partial charge in [-0.2, -0.15) is 5.10 Å². The van der Waals surface area contributed by atoms with Crippen LogP contribution < -0.4 is 5.73 Å². The van der Waals surface area contributed by atoms with Crippen LogP contribution in [-0.4, -0.2) is 23.5 Å². The van der Waals surface area contributed by atoms with Gasteiger partial charge in [-0.25, -0.2) is 0 Å². The molecule has 2 N–H and O–H groups in total. The van der Waals surface area contributed by atoms with Crippen molar-refractivity contribution in [3.63, 3.8) is 0 Å². The van der Waals surface area contributed by atoms with E-state index in [4.69, 9.17) is 22.1 Å². The molecule has 5 heteroatoms. The predicted octanol–water partition coefficient (Wildman–Crippen LogP) is 1.98. The van der Waals surface area contributed by atoms with Crippen molar-refractivity contribution in [1.29, 1.82) is 0 Å². The molecule has 0 fully saturated rings. The van der Waals surface area contributed by atoms with Crippen LogP contribution in [0.5, 0.6) is 0 Å². The Morgan fingerprint density at radius 2 is 2.40 bits per heavy atom. The zero-order valence-corrected chi connectivity index (χ0v) is 10.00. The average molecular weight is 232 g/mol. The average Bonchev–Trinajstić information content (AvgIpc) is 2.57. The molecule has 4 nitrogen and oxygen atoms in total. The van der Waals surface area contributed by atoms with Crippen LogP contribution in [0.4, 0.5) is 0 Å². The summed E-state index contributed by atoms with van der Waals surface area (Å²) < 4.78 is 6.88. The number of aryl methyl sites for hydroxylation is 1. The van der Waals surface area contributed by atoms with E-state index in [0.717, 1.165) is 25.1 Å². The van der Waals surface area contributed by atoms with Crippen molar-refractivity contribution in [3.05, 3.63) is 16.9 Å². The second-order valence-electron chi connectivity index (χ2n) is 3.49. The Bertz CT molecular complexity index is 301. The molecule has 1 atom stereocenters. The number of hydrogen-bond acceptors (Lipinski definition) is 3. The highest BCUT2D eigenvalue weighted by Gasteiger charge is 2.15. The van der Waals surface area contributed by atoms with Gasteiger partial charge in [-0.05, 0) is 12.8 Å². The maximum absolute atomic E-state index is 6.05. The van der Waals surface area contributed by atoms with E-state index in [0.29, 0.717) is 11.6 Å². The van der Waals surface area contributed by atoms with Gasteiger partial charge in [0.15, 0.2) is 0 Å². The Labute approximate surface area is 95.3 Å². The minimum Gasteiger partial charge on any atom is -0.385 e. The van der Waals surface area contributed by atoms with Crippen LogP contribution in [0.1, 0.15) is 31.5 Å². The summed E-state index contributed by atoms with van der Waals surface area (Å²) in [7, 11) is 1.66. The van der Waals surface area contributed by atoms with Crippen molar-refractivity contribution in [2.45, 2.75) is 32.4 Å². The summed E-state index contributed by atoms with van der Waals surface area (Å²) in [5.41, 5.74) is 6.94. The molecule has 1 heterocycles. The Hall–Kier alpha value is -0.580. The van der Waals surface area contributed by atoms with Crippen LogP contribution >= 0.6 is 11.6 Å². The van der Waals surface area contributed by atoms with Crippen molar-refractivity contribution >= 4 is 11.6 Å². The molecule has 0 saturated carbocycles. The van der Waals surface area contributed by atoms with E-state index in [1.165, 1.54) is 0 Å². The molecule has 0 bridgehead atoms. The smallest absolute Gasteiger partial charge is 0.0834 e. The fourth-order valence-electron chi connectivity index (χ4n) is 1.51. The number of nitrogens with zero attached hydrogens (tertiary/aromatic N) is 2. The molecule has 86 valence electrons. The van der Waals surface area contributed by atoms with E-state index >= 15 is 0 Å². The monoisotopic (exact) mass is 231 g/mol. The molecule has 0 radical (unpaired) electrons. The Balaban J connectivity index is 2.75. The molecule has 1 rings (SSSR count). The lowest BCUT2D eigenvalue weighted by molar-refractivity contribution is 0.187. The van der Waals surface area contributed by atoms with E-state index in [-0.39, 0.29) is 6.04 Å². The maximum Gasteiger partial charge on any atom is 0.0834 e. The number of halogens is 1. The number of aromatic nitrogens is 2. The number of hydrogen-bond donors (Lipinski definition) is 1. The largest absolute Gasteiger partial charge is 0.385 e. The quantitative estimate of drug-likeness (QED) is 0.815. The highest BCUT2D eigenvalue weighted by molar-refractivity contribution is 6.31. The third kappa shape index (κ3) is 3.19. The summed E-state index contributed by atoms with van der Waals surface area (Å²) in [6.07, 6.45) is 3.42. The number of nitrogens with two attached hydrogens (primary N) is 1. The molecule has 1 aromatic heterocycles. The Kier molecular flexibility index (Phi) is 5.08. The van der Waals surface area contributed by atoms with Crippen LogP contribution in [0, 0.1) is 0 Å². The minimum atomic E-state index is -0.105. The first-order chi connectivity index (χ1) is 7.20. The topological polar surface area (TPSA) is 53.1 Å². The van der Waals surface area contributed by atoms with Gasteiger partial charge in [0, 0.05) is 20.3 Å². The summed E-state index contributed by atoms with van der Waals surface area (Å²) in [4.78, 5) is 0. The van der Waals surface area contributed by atoms with E-state index in [1.54, 1.807) is 13.3 Å². The first-order valence-corrected chi connectivity index (χ1v) is 5.54. The molecule has 1 unspecified atom stereocenters.